The van der Waals surface area contributed by atoms with Crippen LogP contribution in [0.2, 0.25) is 0 Å². The van der Waals surface area contributed by atoms with E-state index in [-0.39, 0.29) is 11.7 Å². The molecule has 27 heavy (non-hydrogen) atoms. The van der Waals surface area contributed by atoms with Crippen LogP contribution in [0.25, 0.3) is 17.0 Å². The lowest BCUT2D eigenvalue weighted by Gasteiger charge is -2.10. The minimum atomic E-state index is -0.368. The Kier molecular flexibility index (Phi) is 5.26. The summed E-state index contributed by atoms with van der Waals surface area (Å²) in [6.07, 6.45) is 2.93. The third-order valence-corrected chi connectivity index (χ3v) is 4.01. The largest absolute Gasteiger partial charge is 0.497 e. The van der Waals surface area contributed by atoms with E-state index in [1.165, 1.54) is 20.1 Å². The third kappa shape index (κ3) is 4.17. The van der Waals surface area contributed by atoms with Crippen molar-refractivity contribution in [3.8, 4) is 11.5 Å². The maximum atomic E-state index is 12.3. The van der Waals surface area contributed by atoms with E-state index < -0.39 is 0 Å². The molecule has 1 amide bonds. The molecule has 3 aromatic rings. The Morgan fingerprint density at radius 2 is 1.85 bits per heavy atom. The van der Waals surface area contributed by atoms with Gasteiger partial charge in [-0.2, -0.15) is 0 Å². The van der Waals surface area contributed by atoms with Crippen LogP contribution < -0.4 is 14.8 Å². The molecule has 1 N–H and O–H groups in total. The van der Waals surface area contributed by atoms with Crippen molar-refractivity contribution in [3.63, 3.8) is 0 Å². The topological polar surface area (TPSA) is 77.8 Å². The molecule has 0 spiro atoms. The summed E-state index contributed by atoms with van der Waals surface area (Å²) in [5, 5.41) is 3.59. The first kappa shape index (κ1) is 18.3. The lowest BCUT2D eigenvalue weighted by molar-refractivity contribution is -0.111. The highest BCUT2D eigenvalue weighted by molar-refractivity contribution is 6.04. The molecule has 0 saturated carbocycles. The van der Waals surface area contributed by atoms with Crippen molar-refractivity contribution in [2.24, 2.45) is 0 Å². The van der Waals surface area contributed by atoms with Crippen molar-refractivity contribution in [3.05, 3.63) is 59.9 Å². The van der Waals surface area contributed by atoms with E-state index in [1.807, 2.05) is 18.2 Å². The Hall–Kier alpha value is -3.54. The lowest BCUT2D eigenvalue weighted by Crippen LogP contribution is -2.09. The number of furan rings is 1. The number of amides is 1. The van der Waals surface area contributed by atoms with Gasteiger partial charge in [-0.1, -0.05) is 0 Å². The van der Waals surface area contributed by atoms with Crippen LogP contribution in [0.4, 0.5) is 5.69 Å². The molecular weight excluding hydrogens is 346 g/mol. The van der Waals surface area contributed by atoms with Crippen molar-refractivity contribution in [2.75, 3.05) is 19.5 Å². The van der Waals surface area contributed by atoms with Gasteiger partial charge >= 0.3 is 0 Å². The molecule has 0 aliphatic carbocycles. The number of rotatable bonds is 6. The highest BCUT2D eigenvalue weighted by Gasteiger charge is 2.09. The molecule has 0 aliphatic rings. The van der Waals surface area contributed by atoms with Gasteiger partial charge in [0.2, 0.25) is 5.91 Å². The third-order valence-electron chi connectivity index (χ3n) is 4.01. The summed E-state index contributed by atoms with van der Waals surface area (Å²) in [5.41, 5.74) is 1.61. The molecule has 6 heteroatoms. The fourth-order valence-corrected chi connectivity index (χ4v) is 2.61. The SMILES string of the molecule is COc1ccc2oc(/C=C/C(=O)Nc3cc(C(C)=O)ccc3OC)cc2c1. The summed E-state index contributed by atoms with van der Waals surface area (Å²) >= 11 is 0. The molecule has 138 valence electrons. The predicted octanol–water partition coefficient (Wildman–Crippen LogP) is 4.30. The van der Waals surface area contributed by atoms with Gasteiger partial charge in [0.25, 0.3) is 0 Å². The summed E-state index contributed by atoms with van der Waals surface area (Å²) < 4.78 is 16.1. The van der Waals surface area contributed by atoms with Gasteiger partial charge in [0.05, 0.1) is 19.9 Å². The van der Waals surface area contributed by atoms with Crippen molar-refractivity contribution < 1.29 is 23.5 Å². The Balaban J connectivity index is 1.77. The second-order valence-electron chi connectivity index (χ2n) is 5.85. The molecule has 0 saturated heterocycles. The monoisotopic (exact) mass is 365 g/mol. The first-order valence-corrected chi connectivity index (χ1v) is 8.26. The number of benzene rings is 2. The number of Topliss-reactive ketones (excluding diaryl/α,β-unsaturated/α-hetero) is 1. The predicted molar refractivity (Wildman–Crippen MR) is 103 cm³/mol. The first-order valence-electron chi connectivity index (χ1n) is 8.26. The molecule has 0 atom stereocenters. The van der Waals surface area contributed by atoms with Gasteiger partial charge in [-0.25, -0.2) is 0 Å². The Labute approximate surface area is 156 Å². The van der Waals surface area contributed by atoms with Crippen molar-refractivity contribution in [2.45, 2.75) is 6.92 Å². The molecule has 2 aromatic carbocycles. The Bertz CT molecular complexity index is 1030. The summed E-state index contributed by atoms with van der Waals surface area (Å²) in [4.78, 5) is 23.8. The van der Waals surface area contributed by atoms with Crippen LogP contribution in [-0.4, -0.2) is 25.9 Å². The minimum Gasteiger partial charge on any atom is -0.497 e. The van der Waals surface area contributed by atoms with E-state index in [0.717, 1.165) is 11.1 Å². The zero-order valence-electron chi connectivity index (χ0n) is 15.2. The smallest absolute Gasteiger partial charge is 0.248 e. The quantitative estimate of drug-likeness (QED) is 0.520. The molecule has 1 heterocycles. The van der Waals surface area contributed by atoms with Crippen molar-refractivity contribution >= 4 is 34.4 Å². The molecule has 0 unspecified atom stereocenters. The summed E-state index contributed by atoms with van der Waals surface area (Å²) in [7, 11) is 3.10. The highest BCUT2D eigenvalue weighted by Crippen LogP contribution is 2.27. The van der Waals surface area contributed by atoms with E-state index in [4.69, 9.17) is 13.9 Å². The number of nitrogens with one attached hydrogen (secondary N) is 1. The molecule has 6 nitrogen and oxygen atoms in total. The van der Waals surface area contributed by atoms with Gasteiger partial charge in [0.1, 0.15) is 22.8 Å². The second-order valence-corrected chi connectivity index (χ2v) is 5.85. The maximum absolute atomic E-state index is 12.3. The van der Waals surface area contributed by atoms with Crippen LogP contribution in [0, 0.1) is 0 Å². The number of carbonyl (C=O) groups excluding carboxylic acids is 2. The molecule has 0 radical (unpaired) electrons. The number of carbonyl (C=O) groups is 2. The molecule has 1 aromatic heterocycles. The van der Waals surface area contributed by atoms with E-state index >= 15 is 0 Å². The highest BCUT2D eigenvalue weighted by atomic mass is 16.5. The number of hydrogen-bond acceptors (Lipinski definition) is 5. The van der Waals surface area contributed by atoms with Gasteiger partial charge in [0, 0.05) is 17.0 Å². The number of ether oxygens (including phenoxy) is 2. The van der Waals surface area contributed by atoms with Crippen molar-refractivity contribution in [1.29, 1.82) is 0 Å². The average Bonchev–Trinajstić information content (AvgIpc) is 3.08. The standard InChI is InChI=1S/C21H19NO5/c1-13(23)14-4-7-20(26-3)18(12-14)22-21(24)9-6-17-11-15-10-16(25-2)5-8-19(15)27-17/h4-12H,1-3H3,(H,22,24)/b9-6+. The van der Waals surface area contributed by atoms with E-state index in [1.54, 1.807) is 37.5 Å². The fourth-order valence-electron chi connectivity index (χ4n) is 2.61. The number of ketones is 1. The summed E-state index contributed by atoms with van der Waals surface area (Å²) in [6.45, 7) is 1.46. The zero-order valence-corrected chi connectivity index (χ0v) is 15.2. The second kappa shape index (κ2) is 7.78. The van der Waals surface area contributed by atoms with Gasteiger partial charge in [-0.3, -0.25) is 9.59 Å². The molecule has 0 aliphatic heterocycles. The maximum Gasteiger partial charge on any atom is 0.248 e. The molecule has 3 rings (SSSR count). The van der Waals surface area contributed by atoms with E-state index in [0.29, 0.717) is 28.3 Å². The van der Waals surface area contributed by atoms with Crippen LogP contribution in [-0.2, 0) is 4.79 Å². The van der Waals surface area contributed by atoms with Crippen LogP contribution >= 0.6 is 0 Å². The van der Waals surface area contributed by atoms with E-state index in [9.17, 15) is 9.59 Å². The molecule has 0 bridgehead atoms. The Morgan fingerprint density at radius 1 is 1.04 bits per heavy atom. The normalized spacial score (nSPS) is 10.9. The van der Waals surface area contributed by atoms with Crippen LogP contribution in [0.1, 0.15) is 23.0 Å². The van der Waals surface area contributed by atoms with Gasteiger partial charge in [-0.05, 0) is 55.5 Å². The molecule has 0 fully saturated rings. The number of hydrogen-bond donors (Lipinski definition) is 1. The Morgan fingerprint density at radius 3 is 2.56 bits per heavy atom. The van der Waals surface area contributed by atoms with Crippen molar-refractivity contribution in [1.82, 2.24) is 0 Å². The van der Waals surface area contributed by atoms with Gasteiger partial charge < -0.3 is 19.2 Å². The van der Waals surface area contributed by atoms with Crippen LogP contribution in [0.5, 0.6) is 11.5 Å². The van der Waals surface area contributed by atoms with Gasteiger partial charge in [-0.15, -0.1) is 0 Å². The van der Waals surface area contributed by atoms with Crippen LogP contribution in [0.3, 0.4) is 0 Å². The zero-order chi connectivity index (χ0) is 19.4. The minimum absolute atomic E-state index is 0.0959. The number of fused-ring (bicyclic) bond motifs is 1. The average molecular weight is 365 g/mol. The van der Waals surface area contributed by atoms with Crippen LogP contribution in [0.15, 0.2) is 53.0 Å². The van der Waals surface area contributed by atoms with E-state index in [2.05, 4.69) is 5.32 Å². The fraction of sp³-hybridized carbons (Fsp3) is 0.143. The molecular formula is C21H19NO5. The lowest BCUT2D eigenvalue weighted by atomic mass is 10.1. The number of anilines is 1. The number of methoxy groups -OCH3 is 2. The first-order chi connectivity index (χ1) is 13.0. The summed E-state index contributed by atoms with van der Waals surface area (Å²) in [5.74, 6) is 1.28. The van der Waals surface area contributed by atoms with Gasteiger partial charge in [0.15, 0.2) is 5.78 Å². The summed E-state index contributed by atoms with van der Waals surface area (Å²) in [6, 6.07) is 12.2.